The Bertz CT molecular complexity index is 2060. The van der Waals surface area contributed by atoms with E-state index < -0.39 is 23.0 Å². The standard InChI is InChI=1S/C35H36F2N10O3/c1-50-30-31(40-23-10-4-2-5-11-23)42-29(43-32(30)47-34(38)44-35(45-47)41-24-12-6-3-7-13-24)15-9-8-14-28(48)25-19-39-21-46(33(25)49)20-22-16-17-26(36)27(37)18-22/h3,6-7,9,12-13,15-19,21,23H,2,4-5,8,10-11,14,20H2,1H3,(H,40,42,43)(H3,38,41,44,45)/b15-9+. The Kier molecular flexibility index (Phi) is 10.5. The number of aromatic nitrogens is 7. The molecule has 1 fully saturated rings. The van der Waals surface area contributed by atoms with Crippen molar-refractivity contribution in [2.75, 3.05) is 23.5 Å². The highest BCUT2D eigenvalue weighted by Crippen LogP contribution is 2.33. The third-order valence-corrected chi connectivity index (χ3v) is 8.22. The van der Waals surface area contributed by atoms with Crippen LogP contribution in [0.2, 0.25) is 0 Å². The Labute approximate surface area is 286 Å². The number of hydrogen-bond donors (Lipinski definition) is 3. The fourth-order valence-electron chi connectivity index (χ4n) is 5.71. The number of carbonyl (C=O) groups excluding carboxylic acids is 1. The first kappa shape index (κ1) is 33.9. The van der Waals surface area contributed by atoms with Gasteiger partial charge < -0.3 is 21.1 Å². The number of ether oxygens (including phenoxy) is 1. The molecule has 1 saturated carbocycles. The Morgan fingerprint density at radius 2 is 1.86 bits per heavy atom. The van der Waals surface area contributed by atoms with Gasteiger partial charge >= 0.3 is 0 Å². The molecular weight excluding hydrogens is 646 g/mol. The number of allylic oxidation sites excluding steroid dienone is 1. The molecule has 15 heteroatoms. The summed E-state index contributed by atoms with van der Waals surface area (Å²) in [6, 6.07) is 13.0. The maximum absolute atomic E-state index is 13.7. The maximum Gasteiger partial charge on any atom is 0.264 e. The van der Waals surface area contributed by atoms with Crippen LogP contribution in [-0.4, -0.2) is 53.2 Å². The van der Waals surface area contributed by atoms with Crippen molar-refractivity contribution in [3.8, 4) is 11.6 Å². The van der Waals surface area contributed by atoms with Gasteiger partial charge in [-0.3, -0.25) is 14.2 Å². The molecule has 2 aromatic carbocycles. The topological polar surface area (TPSA) is 168 Å². The van der Waals surface area contributed by atoms with Crippen molar-refractivity contribution in [2.24, 2.45) is 0 Å². The normalized spacial score (nSPS) is 13.4. The highest BCUT2D eigenvalue weighted by molar-refractivity contribution is 5.95. The van der Waals surface area contributed by atoms with Crippen LogP contribution in [0.3, 0.4) is 0 Å². The largest absolute Gasteiger partial charge is 0.490 e. The van der Waals surface area contributed by atoms with Gasteiger partial charge in [-0.25, -0.2) is 23.7 Å². The number of hydrogen-bond acceptors (Lipinski definition) is 11. The number of nitrogens with one attached hydrogen (secondary N) is 2. The molecule has 3 aromatic heterocycles. The summed E-state index contributed by atoms with van der Waals surface area (Å²) in [4.78, 5) is 43.9. The number of para-hydroxylation sites is 1. The van der Waals surface area contributed by atoms with E-state index in [4.69, 9.17) is 20.4 Å². The predicted octanol–water partition coefficient (Wildman–Crippen LogP) is 5.70. The summed E-state index contributed by atoms with van der Waals surface area (Å²) in [6.07, 6.45) is 11.5. The minimum Gasteiger partial charge on any atom is -0.490 e. The SMILES string of the molecule is COc1c(NC2CCCCC2)nc(/C=C/CCC(=O)c2cncn(Cc3ccc(F)c(F)c3)c2=O)nc1-n1nc(Nc2ccccc2)nc1N. The highest BCUT2D eigenvalue weighted by atomic mass is 19.2. The number of rotatable bonds is 13. The second-order valence-electron chi connectivity index (χ2n) is 11.8. The number of carbonyl (C=O) groups is 1. The summed E-state index contributed by atoms with van der Waals surface area (Å²) in [5.41, 5.74) is 6.77. The van der Waals surface area contributed by atoms with Crippen LogP contribution in [0.4, 0.5) is 32.2 Å². The van der Waals surface area contributed by atoms with Gasteiger partial charge in [-0.05, 0) is 55.2 Å². The van der Waals surface area contributed by atoms with E-state index in [9.17, 15) is 18.4 Å². The van der Waals surface area contributed by atoms with Crippen LogP contribution < -0.4 is 26.7 Å². The van der Waals surface area contributed by atoms with Crippen LogP contribution in [0.25, 0.3) is 11.9 Å². The van der Waals surface area contributed by atoms with E-state index in [2.05, 4.69) is 25.7 Å². The second kappa shape index (κ2) is 15.5. The molecule has 0 amide bonds. The Balaban J connectivity index is 1.22. The molecule has 0 unspecified atom stereocenters. The van der Waals surface area contributed by atoms with Crippen LogP contribution in [-0.2, 0) is 6.54 Å². The summed E-state index contributed by atoms with van der Waals surface area (Å²) in [5, 5.41) is 11.2. The third-order valence-electron chi connectivity index (χ3n) is 8.22. The number of halogens is 2. The summed E-state index contributed by atoms with van der Waals surface area (Å²) in [7, 11) is 1.52. The fraction of sp³-hybridized carbons (Fsp3) is 0.286. The molecule has 3 heterocycles. The number of methoxy groups -OCH3 is 1. The first-order valence-electron chi connectivity index (χ1n) is 16.2. The minimum absolute atomic E-state index is 0.00332. The van der Waals surface area contributed by atoms with Gasteiger partial charge in [0.25, 0.3) is 5.56 Å². The van der Waals surface area contributed by atoms with Crippen molar-refractivity contribution in [3.05, 3.63) is 106 Å². The Morgan fingerprint density at radius 1 is 1.06 bits per heavy atom. The van der Waals surface area contributed by atoms with Gasteiger partial charge in [0.1, 0.15) is 5.56 Å². The molecule has 0 saturated heterocycles. The molecule has 0 bridgehead atoms. The Hall–Kier alpha value is -5.99. The summed E-state index contributed by atoms with van der Waals surface area (Å²) in [6.45, 7) is -0.0709. The van der Waals surface area contributed by atoms with Crippen molar-refractivity contribution in [1.82, 2.24) is 34.3 Å². The highest BCUT2D eigenvalue weighted by Gasteiger charge is 2.23. The van der Waals surface area contributed by atoms with Gasteiger partial charge in [0.2, 0.25) is 23.5 Å². The summed E-state index contributed by atoms with van der Waals surface area (Å²) in [5.74, 6) is -0.668. The second-order valence-corrected chi connectivity index (χ2v) is 11.8. The van der Waals surface area contributed by atoms with E-state index in [0.29, 0.717) is 23.0 Å². The third kappa shape index (κ3) is 7.99. The van der Waals surface area contributed by atoms with Gasteiger partial charge in [-0.2, -0.15) is 9.67 Å². The molecular formula is C35H36F2N10O3. The molecule has 1 aliphatic rings. The van der Waals surface area contributed by atoms with Crippen LogP contribution in [0, 0.1) is 11.6 Å². The van der Waals surface area contributed by atoms with Gasteiger partial charge in [-0.1, -0.05) is 49.6 Å². The van der Waals surface area contributed by atoms with E-state index in [1.54, 1.807) is 12.2 Å². The molecule has 258 valence electrons. The van der Waals surface area contributed by atoms with E-state index in [-0.39, 0.29) is 48.7 Å². The number of nitrogens with zero attached hydrogens (tertiary/aromatic N) is 7. The zero-order chi connectivity index (χ0) is 35.0. The van der Waals surface area contributed by atoms with Crippen molar-refractivity contribution in [3.63, 3.8) is 0 Å². The van der Waals surface area contributed by atoms with Crippen molar-refractivity contribution < 1.29 is 18.3 Å². The van der Waals surface area contributed by atoms with E-state index in [0.717, 1.165) is 43.5 Å². The molecule has 50 heavy (non-hydrogen) atoms. The number of benzene rings is 2. The van der Waals surface area contributed by atoms with Crippen LogP contribution >= 0.6 is 0 Å². The number of Topliss-reactive ketones (excluding diaryl/α,β-unsaturated/α-hetero) is 1. The lowest BCUT2D eigenvalue weighted by atomic mass is 9.95. The average molecular weight is 683 g/mol. The van der Waals surface area contributed by atoms with Gasteiger partial charge in [0, 0.05) is 24.3 Å². The zero-order valence-corrected chi connectivity index (χ0v) is 27.4. The fourth-order valence-corrected chi connectivity index (χ4v) is 5.71. The first-order chi connectivity index (χ1) is 24.3. The summed E-state index contributed by atoms with van der Waals surface area (Å²) >= 11 is 0. The first-order valence-corrected chi connectivity index (χ1v) is 16.2. The maximum atomic E-state index is 13.7. The molecule has 5 aromatic rings. The lowest BCUT2D eigenvalue weighted by Gasteiger charge is -2.24. The number of ketones is 1. The number of nitrogen functional groups attached to an aromatic ring is 1. The Morgan fingerprint density at radius 3 is 2.62 bits per heavy atom. The van der Waals surface area contributed by atoms with Crippen LogP contribution in [0.1, 0.15) is 66.7 Å². The van der Waals surface area contributed by atoms with Gasteiger partial charge in [0.15, 0.2) is 29.1 Å². The van der Waals surface area contributed by atoms with E-state index in [1.165, 1.54) is 41.4 Å². The lowest BCUT2D eigenvalue weighted by Crippen LogP contribution is -2.27. The summed E-state index contributed by atoms with van der Waals surface area (Å²) < 4.78 is 35.4. The molecule has 0 radical (unpaired) electrons. The van der Waals surface area contributed by atoms with Crippen LogP contribution in [0.5, 0.6) is 5.75 Å². The van der Waals surface area contributed by atoms with Gasteiger partial charge in [0.05, 0.1) is 20.0 Å². The van der Waals surface area contributed by atoms with Crippen molar-refractivity contribution in [2.45, 2.75) is 57.5 Å². The minimum atomic E-state index is -1.03. The molecule has 6 rings (SSSR count). The lowest BCUT2D eigenvalue weighted by molar-refractivity contribution is 0.0981. The molecule has 13 nitrogen and oxygen atoms in total. The molecule has 0 spiro atoms. The van der Waals surface area contributed by atoms with Crippen molar-refractivity contribution >= 4 is 35.3 Å². The number of nitrogens with two attached hydrogens (primary N) is 1. The van der Waals surface area contributed by atoms with E-state index >= 15 is 0 Å². The number of anilines is 4. The molecule has 0 atom stereocenters. The monoisotopic (exact) mass is 682 g/mol. The average Bonchev–Trinajstić information content (AvgIpc) is 3.49. The van der Waals surface area contributed by atoms with Crippen LogP contribution in [0.15, 0.2) is 71.9 Å². The predicted molar refractivity (Wildman–Crippen MR) is 185 cm³/mol. The van der Waals surface area contributed by atoms with Gasteiger partial charge in [-0.15, -0.1) is 5.10 Å². The smallest absolute Gasteiger partial charge is 0.264 e. The zero-order valence-electron chi connectivity index (χ0n) is 27.4. The molecule has 0 aliphatic heterocycles. The van der Waals surface area contributed by atoms with E-state index in [1.807, 2.05) is 30.3 Å². The quantitative estimate of drug-likeness (QED) is 0.130. The molecule has 1 aliphatic carbocycles. The molecule has 4 N–H and O–H groups in total. The van der Waals surface area contributed by atoms with Crippen molar-refractivity contribution in [1.29, 1.82) is 0 Å².